The van der Waals surface area contributed by atoms with Gasteiger partial charge in [-0.3, -0.25) is 19.2 Å². The predicted octanol–water partition coefficient (Wildman–Crippen LogP) is 1.93. The smallest absolute Gasteiger partial charge is 0.341 e. The topological polar surface area (TPSA) is 122 Å². The van der Waals surface area contributed by atoms with Crippen LogP contribution in [0, 0.1) is 29.1 Å². The quantitative estimate of drug-likeness (QED) is 0.203. The molecule has 2 unspecified atom stereocenters. The van der Waals surface area contributed by atoms with Crippen molar-refractivity contribution < 1.29 is 42.9 Å². The zero-order valence-corrected chi connectivity index (χ0v) is 19.4. The molecule has 33 heavy (non-hydrogen) atoms. The van der Waals surface area contributed by atoms with Crippen LogP contribution >= 0.6 is 0 Å². The highest BCUT2D eigenvalue weighted by atomic mass is 16.5. The zero-order valence-electron chi connectivity index (χ0n) is 19.4. The number of carbonyl (C=O) groups excluding carboxylic acids is 5. The van der Waals surface area contributed by atoms with Gasteiger partial charge < -0.3 is 18.9 Å². The molecule has 180 valence electrons. The third kappa shape index (κ3) is 3.67. The average molecular weight is 462 g/mol. The number of methoxy groups -OCH3 is 4. The lowest BCUT2D eigenvalue weighted by Gasteiger charge is -2.36. The summed E-state index contributed by atoms with van der Waals surface area (Å²) in [5.74, 6) is -8.10. The molecule has 0 aromatic rings. The van der Waals surface area contributed by atoms with Crippen molar-refractivity contribution >= 4 is 29.7 Å². The number of allylic oxidation sites excluding steroid dienone is 2. The van der Waals surface area contributed by atoms with Gasteiger partial charge in [0, 0.05) is 0 Å². The van der Waals surface area contributed by atoms with Gasteiger partial charge in [0.25, 0.3) is 0 Å². The molecule has 3 rings (SSSR count). The van der Waals surface area contributed by atoms with Crippen LogP contribution in [-0.4, -0.2) is 58.1 Å². The van der Waals surface area contributed by atoms with Gasteiger partial charge in [-0.1, -0.05) is 12.2 Å². The number of ether oxygens (including phenoxy) is 4. The summed E-state index contributed by atoms with van der Waals surface area (Å²) < 4.78 is 20.0. The summed E-state index contributed by atoms with van der Waals surface area (Å²) in [5, 5.41) is 0. The van der Waals surface area contributed by atoms with Gasteiger partial charge in [0.05, 0.1) is 34.4 Å². The first-order chi connectivity index (χ1) is 15.8. The number of rotatable bonds is 4. The standard InChI is InChI=1S/C24H30O9/c1-30-20(26)15-13-11-9-7-5-6-8-10-12-14(13)24(23(29)33-4)17(15)16(21(27)31-2)19(25)18(24)22(28)32-3/h5-6,13-15,18H,7-12H2,1-4H3/b6-5-/t13?,14?,15-,18+,24+/m0/s1. The van der Waals surface area contributed by atoms with E-state index < -0.39 is 64.3 Å². The maximum absolute atomic E-state index is 13.6. The molecule has 0 radical (unpaired) electrons. The molecule has 9 heteroatoms. The van der Waals surface area contributed by atoms with Crippen LogP contribution in [-0.2, 0) is 42.9 Å². The second-order valence-electron chi connectivity index (χ2n) is 8.57. The summed E-state index contributed by atoms with van der Waals surface area (Å²) >= 11 is 0. The van der Waals surface area contributed by atoms with Gasteiger partial charge in [0.15, 0.2) is 5.78 Å². The fourth-order valence-electron chi connectivity index (χ4n) is 6.12. The molecule has 5 atom stereocenters. The number of Topliss-reactive ketones (excluding diaryl/α,β-unsaturated/α-hetero) is 1. The molecular weight excluding hydrogens is 432 g/mol. The second-order valence-corrected chi connectivity index (χ2v) is 8.57. The average Bonchev–Trinajstić information content (AvgIpc) is 3.25. The van der Waals surface area contributed by atoms with E-state index in [9.17, 15) is 24.0 Å². The number of hydrogen-bond donors (Lipinski definition) is 0. The van der Waals surface area contributed by atoms with Crippen molar-refractivity contribution in [2.75, 3.05) is 28.4 Å². The molecule has 0 spiro atoms. The Balaban J connectivity index is 2.40. The van der Waals surface area contributed by atoms with Gasteiger partial charge in [0.1, 0.15) is 16.9 Å². The summed E-state index contributed by atoms with van der Waals surface area (Å²) in [6, 6.07) is 0. The van der Waals surface area contributed by atoms with Gasteiger partial charge >= 0.3 is 23.9 Å². The molecular formula is C24H30O9. The Morgan fingerprint density at radius 1 is 0.848 bits per heavy atom. The van der Waals surface area contributed by atoms with Crippen molar-refractivity contribution in [1.82, 2.24) is 0 Å². The van der Waals surface area contributed by atoms with E-state index >= 15 is 0 Å². The Morgan fingerprint density at radius 3 is 2.00 bits per heavy atom. The molecule has 0 aromatic heterocycles. The Kier molecular flexibility index (Phi) is 7.39. The highest BCUT2D eigenvalue weighted by Gasteiger charge is 2.75. The minimum absolute atomic E-state index is 0.0179. The van der Waals surface area contributed by atoms with Crippen molar-refractivity contribution in [3.63, 3.8) is 0 Å². The van der Waals surface area contributed by atoms with E-state index in [4.69, 9.17) is 18.9 Å². The van der Waals surface area contributed by atoms with Crippen molar-refractivity contribution in [3.05, 3.63) is 23.3 Å². The minimum atomic E-state index is -1.84. The second kappa shape index (κ2) is 9.89. The van der Waals surface area contributed by atoms with Crippen molar-refractivity contribution in [2.45, 2.75) is 38.5 Å². The van der Waals surface area contributed by atoms with E-state index in [-0.39, 0.29) is 5.57 Å². The monoisotopic (exact) mass is 462 g/mol. The van der Waals surface area contributed by atoms with Crippen LogP contribution in [0.4, 0.5) is 0 Å². The lowest BCUT2D eigenvalue weighted by molar-refractivity contribution is -0.168. The van der Waals surface area contributed by atoms with Crippen LogP contribution in [0.3, 0.4) is 0 Å². The molecule has 3 aliphatic carbocycles. The van der Waals surface area contributed by atoms with Crippen LogP contribution in [0.25, 0.3) is 0 Å². The number of carbonyl (C=O) groups is 5. The molecule has 0 amide bonds. The maximum Gasteiger partial charge on any atom is 0.341 e. The molecule has 0 aliphatic heterocycles. The summed E-state index contributed by atoms with van der Waals surface area (Å²) in [4.78, 5) is 66.0. The van der Waals surface area contributed by atoms with Crippen LogP contribution in [0.5, 0.6) is 0 Å². The lowest BCUT2D eigenvalue weighted by Crippen LogP contribution is -2.48. The Morgan fingerprint density at radius 2 is 1.45 bits per heavy atom. The molecule has 0 saturated heterocycles. The molecule has 1 saturated carbocycles. The first-order valence-corrected chi connectivity index (χ1v) is 11.1. The molecule has 9 nitrogen and oxygen atoms in total. The lowest BCUT2D eigenvalue weighted by atomic mass is 9.64. The Labute approximate surface area is 192 Å². The Hall–Kier alpha value is -2.97. The van der Waals surface area contributed by atoms with Crippen molar-refractivity contribution in [2.24, 2.45) is 29.1 Å². The molecule has 0 aromatic carbocycles. The van der Waals surface area contributed by atoms with Gasteiger partial charge in [0.2, 0.25) is 0 Å². The molecule has 1 fully saturated rings. The number of esters is 4. The van der Waals surface area contributed by atoms with E-state index in [1.54, 1.807) is 0 Å². The van der Waals surface area contributed by atoms with Gasteiger partial charge in [-0.05, 0) is 55.9 Å². The normalized spacial score (nSPS) is 32.3. The summed E-state index contributed by atoms with van der Waals surface area (Å²) in [7, 11) is 4.58. The highest BCUT2D eigenvalue weighted by molar-refractivity contribution is 6.28. The first-order valence-electron chi connectivity index (χ1n) is 11.1. The maximum atomic E-state index is 13.6. The first kappa shape index (κ1) is 24.7. The third-order valence-electron chi connectivity index (χ3n) is 7.29. The molecule has 3 aliphatic rings. The van der Waals surface area contributed by atoms with Gasteiger partial charge in [-0.25, -0.2) is 4.79 Å². The number of ketones is 1. The van der Waals surface area contributed by atoms with Crippen LogP contribution in [0.1, 0.15) is 38.5 Å². The van der Waals surface area contributed by atoms with Gasteiger partial charge in [-0.15, -0.1) is 0 Å². The predicted molar refractivity (Wildman–Crippen MR) is 113 cm³/mol. The van der Waals surface area contributed by atoms with E-state index in [1.165, 1.54) is 7.11 Å². The Bertz CT molecular complexity index is 915. The minimum Gasteiger partial charge on any atom is -0.469 e. The summed E-state index contributed by atoms with van der Waals surface area (Å²) in [5.41, 5.74) is -2.31. The van der Waals surface area contributed by atoms with E-state index in [2.05, 4.69) is 12.2 Å². The summed E-state index contributed by atoms with van der Waals surface area (Å²) in [6.45, 7) is 0. The SMILES string of the molecule is COC(=O)C1=C2[C@@H](C(=O)OC)C3CCC/C=C\CCCC3[C@]2(C(=O)OC)[C@@H](C(=O)OC)C1=O. The van der Waals surface area contributed by atoms with Crippen LogP contribution in [0.2, 0.25) is 0 Å². The number of hydrogen-bond acceptors (Lipinski definition) is 9. The van der Waals surface area contributed by atoms with Crippen molar-refractivity contribution in [1.29, 1.82) is 0 Å². The molecule has 0 bridgehead atoms. The van der Waals surface area contributed by atoms with Crippen LogP contribution in [0.15, 0.2) is 23.3 Å². The largest absolute Gasteiger partial charge is 0.469 e. The number of fused-ring (bicyclic) bond motifs is 3. The highest BCUT2D eigenvalue weighted by Crippen LogP contribution is 2.66. The van der Waals surface area contributed by atoms with E-state index in [1.807, 2.05) is 0 Å². The third-order valence-corrected chi connectivity index (χ3v) is 7.29. The fourth-order valence-corrected chi connectivity index (χ4v) is 6.12. The van der Waals surface area contributed by atoms with Gasteiger partial charge in [-0.2, -0.15) is 0 Å². The molecule has 0 N–H and O–H groups in total. The van der Waals surface area contributed by atoms with Crippen molar-refractivity contribution in [3.8, 4) is 0 Å². The zero-order chi connectivity index (χ0) is 24.3. The van der Waals surface area contributed by atoms with E-state index in [0.717, 1.165) is 40.6 Å². The molecule has 0 heterocycles. The van der Waals surface area contributed by atoms with E-state index in [0.29, 0.717) is 19.3 Å². The fraction of sp³-hybridized carbons (Fsp3) is 0.625. The van der Waals surface area contributed by atoms with Crippen LogP contribution < -0.4 is 0 Å². The summed E-state index contributed by atoms with van der Waals surface area (Å²) in [6.07, 6.45) is 8.02.